The Morgan fingerprint density at radius 1 is 1.04 bits per heavy atom. The second-order valence-electron chi connectivity index (χ2n) is 5.76. The van der Waals surface area contributed by atoms with Crippen molar-refractivity contribution in [3.8, 4) is 11.6 Å². The number of aromatic nitrogens is 3. The van der Waals surface area contributed by atoms with Crippen LogP contribution >= 0.6 is 0 Å². The molecule has 0 bridgehead atoms. The van der Waals surface area contributed by atoms with Gasteiger partial charge in [-0.05, 0) is 30.3 Å². The number of hydrogen-bond donors (Lipinski definition) is 1. The van der Waals surface area contributed by atoms with Gasteiger partial charge in [0.25, 0.3) is 5.91 Å². The van der Waals surface area contributed by atoms with Gasteiger partial charge >= 0.3 is 0 Å². The minimum absolute atomic E-state index is 0.158. The third-order valence-electron chi connectivity index (χ3n) is 3.96. The topological polar surface area (TPSA) is 73.0 Å². The lowest BCUT2D eigenvalue weighted by Gasteiger charge is -2.08. The summed E-state index contributed by atoms with van der Waals surface area (Å²) in [5.41, 5.74) is 0.918. The summed E-state index contributed by atoms with van der Waals surface area (Å²) in [5, 5.41) is 7.26. The number of rotatable bonds is 5. The number of nitrogens with zero attached hydrogens (tertiary/aromatic N) is 3. The van der Waals surface area contributed by atoms with Crippen molar-refractivity contribution in [1.82, 2.24) is 14.8 Å². The average molecular weight is 362 g/mol. The summed E-state index contributed by atoms with van der Waals surface area (Å²) >= 11 is 0. The molecule has 4 aromatic rings. The van der Waals surface area contributed by atoms with E-state index in [0.717, 1.165) is 4.68 Å². The molecule has 1 N–H and O–H groups in total. The molecule has 0 unspecified atom stereocenters. The largest absolute Gasteiger partial charge is 0.461 e. The molecule has 2 aromatic carbocycles. The highest BCUT2D eigenvalue weighted by molar-refractivity contribution is 5.97. The fraction of sp³-hybridized carbons (Fsp3) is 0.0500. The molecule has 0 radical (unpaired) electrons. The van der Waals surface area contributed by atoms with E-state index in [-0.39, 0.29) is 30.0 Å². The molecule has 0 atom stereocenters. The van der Waals surface area contributed by atoms with Crippen molar-refractivity contribution in [1.29, 1.82) is 0 Å². The van der Waals surface area contributed by atoms with Crippen LogP contribution in [0.2, 0.25) is 0 Å². The van der Waals surface area contributed by atoms with Crippen LogP contribution in [-0.4, -0.2) is 20.7 Å². The van der Waals surface area contributed by atoms with Crippen molar-refractivity contribution in [2.24, 2.45) is 0 Å². The van der Waals surface area contributed by atoms with Crippen molar-refractivity contribution in [3.05, 3.63) is 89.9 Å². The zero-order valence-electron chi connectivity index (χ0n) is 14.2. The van der Waals surface area contributed by atoms with Crippen LogP contribution in [0.1, 0.15) is 15.9 Å². The summed E-state index contributed by atoms with van der Waals surface area (Å²) in [4.78, 5) is 17.2. The molecular formula is C20H15FN4O2. The maximum Gasteiger partial charge on any atom is 0.281 e. The Morgan fingerprint density at radius 3 is 2.56 bits per heavy atom. The number of furan rings is 1. The van der Waals surface area contributed by atoms with Crippen molar-refractivity contribution in [2.75, 3.05) is 5.32 Å². The van der Waals surface area contributed by atoms with Crippen molar-refractivity contribution >= 4 is 11.9 Å². The molecule has 2 aromatic heterocycles. The smallest absolute Gasteiger partial charge is 0.281 e. The molecule has 7 heteroatoms. The van der Waals surface area contributed by atoms with Crippen molar-refractivity contribution in [3.63, 3.8) is 0 Å². The van der Waals surface area contributed by atoms with Gasteiger partial charge in [-0.2, -0.15) is 9.67 Å². The fourth-order valence-corrected chi connectivity index (χ4v) is 2.60. The summed E-state index contributed by atoms with van der Waals surface area (Å²) < 4.78 is 20.4. The second kappa shape index (κ2) is 7.25. The molecular weight excluding hydrogens is 347 g/mol. The summed E-state index contributed by atoms with van der Waals surface area (Å²) in [6.45, 7) is 0.158. The zero-order valence-corrected chi connectivity index (χ0v) is 14.2. The molecule has 134 valence electrons. The van der Waals surface area contributed by atoms with E-state index in [2.05, 4.69) is 15.4 Å². The predicted octanol–water partition coefficient (Wildman–Crippen LogP) is 3.98. The number of carbonyl (C=O) groups is 1. The molecule has 0 amide bonds. The van der Waals surface area contributed by atoms with E-state index in [0.29, 0.717) is 16.9 Å². The lowest BCUT2D eigenvalue weighted by Crippen LogP contribution is -2.17. The van der Waals surface area contributed by atoms with Crippen LogP contribution in [-0.2, 0) is 6.54 Å². The third-order valence-corrected chi connectivity index (χ3v) is 3.96. The van der Waals surface area contributed by atoms with Gasteiger partial charge in [-0.15, -0.1) is 5.10 Å². The Labute approximate surface area is 154 Å². The van der Waals surface area contributed by atoms with E-state index in [4.69, 9.17) is 4.42 Å². The summed E-state index contributed by atoms with van der Waals surface area (Å²) in [5.74, 6) is 0.219. The lowest BCUT2D eigenvalue weighted by molar-refractivity contribution is 0.0947. The highest BCUT2D eigenvalue weighted by atomic mass is 19.1. The van der Waals surface area contributed by atoms with E-state index in [9.17, 15) is 9.18 Å². The van der Waals surface area contributed by atoms with Gasteiger partial charge in [0, 0.05) is 17.7 Å². The Balaban J connectivity index is 1.68. The molecule has 0 aliphatic rings. The molecule has 2 heterocycles. The summed E-state index contributed by atoms with van der Waals surface area (Å²) in [6.07, 6.45) is 1.50. The first-order valence-corrected chi connectivity index (χ1v) is 8.30. The molecule has 0 aliphatic heterocycles. The Kier molecular flexibility index (Phi) is 4.49. The number of anilines is 1. The normalized spacial score (nSPS) is 10.7. The van der Waals surface area contributed by atoms with Crippen LogP contribution in [0.25, 0.3) is 11.6 Å². The summed E-state index contributed by atoms with van der Waals surface area (Å²) in [7, 11) is 0. The van der Waals surface area contributed by atoms with E-state index in [1.807, 2.05) is 6.07 Å². The van der Waals surface area contributed by atoms with Crippen molar-refractivity contribution in [2.45, 2.75) is 6.54 Å². The Hall–Kier alpha value is -3.74. The molecule has 4 rings (SSSR count). The van der Waals surface area contributed by atoms with Gasteiger partial charge in [-0.1, -0.05) is 36.4 Å². The first-order valence-electron chi connectivity index (χ1n) is 8.30. The van der Waals surface area contributed by atoms with Gasteiger partial charge in [0.2, 0.25) is 11.8 Å². The quantitative estimate of drug-likeness (QED) is 0.581. The first kappa shape index (κ1) is 16.7. The van der Waals surface area contributed by atoms with Gasteiger partial charge in [-0.3, -0.25) is 4.79 Å². The van der Waals surface area contributed by atoms with Crippen LogP contribution in [0.5, 0.6) is 0 Å². The molecule has 0 fully saturated rings. The highest BCUT2D eigenvalue weighted by Crippen LogP contribution is 2.20. The van der Waals surface area contributed by atoms with Gasteiger partial charge in [-0.25, -0.2) is 4.39 Å². The Bertz CT molecular complexity index is 1060. The van der Waals surface area contributed by atoms with E-state index in [1.165, 1.54) is 12.3 Å². The van der Waals surface area contributed by atoms with Crippen LogP contribution in [0, 0.1) is 5.82 Å². The number of carbonyl (C=O) groups excluding carboxylic acids is 1. The van der Waals surface area contributed by atoms with Gasteiger partial charge in [0.05, 0.1) is 6.26 Å². The van der Waals surface area contributed by atoms with Crippen LogP contribution in [0.3, 0.4) is 0 Å². The molecule has 6 nitrogen and oxygen atoms in total. The molecule has 0 saturated carbocycles. The molecule has 0 spiro atoms. The van der Waals surface area contributed by atoms with Gasteiger partial charge in [0.1, 0.15) is 5.82 Å². The van der Waals surface area contributed by atoms with Crippen LogP contribution in [0.15, 0.2) is 77.4 Å². The lowest BCUT2D eigenvalue weighted by atomic mass is 10.2. The minimum atomic E-state index is -0.350. The first-order chi connectivity index (χ1) is 13.2. The third kappa shape index (κ3) is 3.48. The van der Waals surface area contributed by atoms with Crippen LogP contribution in [0.4, 0.5) is 10.3 Å². The van der Waals surface area contributed by atoms with Gasteiger partial charge < -0.3 is 9.73 Å². The molecule has 0 saturated heterocycles. The van der Waals surface area contributed by atoms with E-state index in [1.54, 1.807) is 54.6 Å². The number of benzene rings is 2. The monoisotopic (exact) mass is 362 g/mol. The van der Waals surface area contributed by atoms with Gasteiger partial charge in [0.15, 0.2) is 5.76 Å². The average Bonchev–Trinajstić information content (AvgIpc) is 3.37. The van der Waals surface area contributed by atoms with E-state index >= 15 is 0 Å². The molecule has 0 aliphatic carbocycles. The second-order valence-corrected chi connectivity index (χ2v) is 5.76. The SMILES string of the molecule is O=C(c1ccccc1)n1nc(-c2ccco2)nc1NCc1ccccc1F. The zero-order chi connectivity index (χ0) is 18.6. The predicted molar refractivity (Wildman–Crippen MR) is 97.6 cm³/mol. The Morgan fingerprint density at radius 2 is 1.81 bits per heavy atom. The fourth-order valence-electron chi connectivity index (χ4n) is 2.60. The standard InChI is InChI=1S/C20H15FN4O2/c21-16-10-5-4-9-15(16)13-22-20-23-18(17-11-6-12-27-17)24-25(20)19(26)14-7-2-1-3-8-14/h1-12H,13H2,(H,22,23,24). The maximum absolute atomic E-state index is 13.9. The maximum atomic E-state index is 13.9. The number of halogens is 1. The van der Waals surface area contributed by atoms with Crippen molar-refractivity contribution < 1.29 is 13.6 Å². The number of hydrogen-bond acceptors (Lipinski definition) is 5. The molecule has 27 heavy (non-hydrogen) atoms. The minimum Gasteiger partial charge on any atom is -0.461 e. The van der Waals surface area contributed by atoms with Crippen LogP contribution < -0.4 is 5.32 Å². The van der Waals surface area contributed by atoms with E-state index < -0.39 is 0 Å². The summed E-state index contributed by atoms with van der Waals surface area (Å²) in [6, 6.07) is 18.6. The number of nitrogens with one attached hydrogen (secondary N) is 1. The highest BCUT2D eigenvalue weighted by Gasteiger charge is 2.20.